The Kier molecular flexibility index (Phi) is 7.45. The maximum atomic E-state index is 13.3. The van der Waals surface area contributed by atoms with E-state index in [0.29, 0.717) is 47.2 Å². The Balaban J connectivity index is 1.32. The molecular formula is C26H25Cl2N3O5S2. The number of sulfonamides is 2. The fourth-order valence-electron chi connectivity index (χ4n) is 4.79. The van der Waals surface area contributed by atoms with Crippen molar-refractivity contribution in [3.8, 4) is 0 Å². The number of hydrogen-bond acceptors (Lipinski definition) is 5. The molecule has 1 saturated heterocycles. The maximum Gasteiger partial charge on any atom is 0.264 e. The lowest BCUT2D eigenvalue weighted by molar-refractivity contribution is -0.120. The van der Waals surface area contributed by atoms with Gasteiger partial charge in [-0.05, 0) is 85.5 Å². The van der Waals surface area contributed by atoms with Crippen LogP contribution in [-0.4, -0.2) is 46.7 Å². The Morgan fingerprint density at radius 1 is 0.816 bits per heavy atom. The molecule has 8 nitrogen and oxygen atoms in total. The highest BCUT2D eigenvalue weighted by Crippen LogP contribution is 2.35. The molecule has 2 aliphatic rings. The summed E-state index contributed by atoms with van der Waals surface area (Å²) in [5.41, 5.74) is 1.82. The zero-order valence-corrected chi connectivity index (χ0v) is 23.3. The number of halogens is 2. The van der Waals surface area contributed by atoms with Crippen LogP contribution in [-0.2, 0) is 31.3 Å². The van der Waals surface area contributed by atoms with Crippen LogP contribution in [0.2, 0.25) is 10.0 Å². The van der Waals surface area contributed by atoms with Gasteiger partial charge in [-0.15, -0.1) is 0 Å². The molecule has 5 rings (SSSR count). The Hall–Kier alpha value is -2.63. The number of nitrogens with zero attached hydrogens (tertiary/aromatic N) is 2. The molecule has 1 fully saturated rings. The molecule has 1 amide bonds. The fourth-order valence-corrected chi connectivity index (χ4v) is 8.06. The zero-order chi connectivity index (χ0) is 27.1. The van der Waals surface area contributed by atoms with E-state index in [9.17, 15) is 21.6 Å². The molecule has 0 unspecified atom stereocenters. The Morgan fingerprint density at radius 2 is 1.42 bits per heavy atom. The molecule has 38 heavy (non-hydrogen) atoms. The highest BCUT2D eigenvalue weighted by molar-refractivity contribution is 7.92. The molecule has 1 N–H and O–H groups in total. The Labute approximate surface area is 232 Å². The summed E-state index contributed by atoms with van der Waals surface area (Å²) in [6.07, 6.45) is 1.64. The summed E-state index contributed by atoms with van der Waals surface area (Å²) >= 11 is 11.8. The third-order valence-electron chi connectivity index (χ3n) is 6.81. The molecule has 12 heteroatoms. The van der Waals surface area contributed by atoms with Crippen LogP contribution in [0.25, 0.3) is 0 Å². The van der Waals surface area contributed by atoms with Crippen molar-refractivity contribution in [1.82, 2.24) is 4.31 Å². The number of carbonyl (C=O) groups is 1. The van der Waals surface area contributed by atoms with Crippen molar-refractivity contribution in [3.05, 3.63) is 82.3 Å². The molecule has 3 aromatic rings. The SMILES string of the molecule is O=C(Nc1ccc2c(c1)N(S(=O)(=O)c1ccc(Cl)cc1)CC2)[C@@H]1CCCN(S(=O)(=O)c2ccc(Cl)cc2)C1. The second-order valence-corrected chi connectivity index (χ2v) is 13.9. The first-order chi connectivity index (χ1) is 18.1. The second kappa shape index (κ2) is 10.5. The number of rotatable bonds is 6. The van der Waals surface area contributed by atoms with Gasteiger partial charge in [0.25, 0.3) is 10.0 Å². The zero-order valence-electron chi connectivity index (χ0n) is 20.2. The summed E-state index contributed by atoms with van der Waals surface area (Å²) in [5.74, 6) is -0.862. The lowest BCUT2D eigenvalue weighted by atomic mass is 9.98. The van der Waals surface area contributed by atoms with Gasteiger partial charge in [0.15, 0.2) is 0 Å². The Bertz CT molecular complexity index is 1580. The molecule has 0 spiro atoms. The molecule has 0 aromatic heterocycles. The van der Waals surface area contributed by atoms with E-state index < -0.39 is 26.0 Å². The highest BCUT2D eigenvalue weighted by Gasteiger charge is 2.34. The van der Waals surface area contributed by atoms with E-state index in [0.717, 1.165) is 5.56 Å². The van der Waals surface area contributed by atoms with Gasteiger partial charge < -0.3 is 5.32 Å². The van der Waals surface area contributed by atoms with E-state index in [2.05, 4.69) is 5.32 Å². The van der Waals surface area contributed by atoms with Crippen LogP contribution >= 0.6 is 23.2 Å². The van der Waals surface area contributed by atoms with Crippen molar-refractivity contribution in [1.29, 1.82) is 0 Å². The molecule has 0 saturated carbocycles. The molecule has 3 aromatic carbocycles. The summed E-state index contributed by atoms with van der Waals surface area (Å²) < 4.78 is 55.4. The van der Waals surface area contributed by atoms with Gasteiger partial charge in [-0.2, -0.15) is 4.31 Å². The molecular weight excluding hydrogens is 569 g/mol. The molecule has 0 radical (unpaired) electrons. The lowest BCUT2D eigenvalue weighted by Gasteiger charge is -2.31. The number of benzene rings is 3. The van der Waals surface area contributed by atoms with Crippen molar-refractivity contribution in [2.24, 2.45) is 5.92 Å². The van der Waals surface area contributed by atoms with Gasteiger partial charge in [0.1, 0.15) is 0 Å². The van der Waals surface area contributed by atoms with Gasteiger partial charge >= 0.3 is 0 Å². The van der Waals surface area contributed by atoms with Crippen LogP contribution in [0, 0.1) is 5.92 Å². The van der Waals surface area contributed by atoms with Gasteiger partial charge in [-0.1, -0.05) is 29.3 Å². The number of hydrogen-bond donors (Lipinski definition) is 1. The summed E-state index contributed by atoms with van der Waals surface area (Å²) in [6, 6.07) is 17.1. The van der Waals surface area contributed by atoms with Gasteiger partial charge in [0, 0.05) is 35.4 Å². The number of amides is 1. The van der Waals surface area contributed by atoms with E-state index in [1.54, 1.807) is 18.2 Å². The van der Waals surface area contributed by atoms with Crippen LogP contribution in [0.1, 0.15) is 18.4 Å². The lowest BCUT2D eigenvalue weighted by Crippen LogP contribution is -2.43. The number of carbonyl (C=O) groups excluding carboxylic acids is 1. The van der Waals surface area contributed by atoms with E-state index in [4.69, 9.17) is 23.2 Å². The van der Waals surface area contributed by atoms with Crippen LogP contribution in [0.3, 0.4) is 0 Å². The van der Waals surface area contributed by atoms with Crippen LogP contribution in [0.4, 0.5) is 11.4 Å². The maximum absolute atomic E-state index is 13.3. The first-order valence-electron chi connectivity index (χ1n) is 12.0. The van der Waals surface area contributed by atoms with E-state index >= 15 is 0 Å². The highest BCUT2D eigenvalue weighted by atomic mass is 35.5. The summed E-state index contributed by atoms with van der Waals surface area (Å²) in [5, 5.41) is 3.74. The second-order valence-electron chi connectivity index (χ2n) is 9.27. The monoisotopic (exact) mass is 593 g/mol. The standard InChI is InChI=1S/C26H25Cl2N3O5S2/c27-20-4-9-23(10-5-20)37(33,34)30-14-1-2-19(17-30)26(32)29-22-8-3-18-13-15-31(25(18)16-22)38(35,36)24-11-6-21(28)7-12-24/h3-12,16,19H,1-2,13-15,17H2,(H,29,32)/t19-/m1/s1. The minimum absolute atomic E-state index is 0.0544. The first-order valence-corrected chi connectivity index (χ1v) is 15.7. The van der Waals surface area contributed by atoms with Gasteiger partial charge in [0.05, 0.1) is 21.4 Å². The van der Waals surface area contributed by atoms with Crippen molar-refractivity contribution in [2.45, 2.75) is 29.1 Å². The van der Waals surface area contributed by atoms with Crippen molar-refractivity contribution >= 4 is 60.5 Å². The van der Waals surface area contributed by atoms with Crippen molar-refractivity contribution < 1.29 is 21.6 Å². The van der Waals surface area contributed by atoms with E-state index in [1.807, 2.05) is 0 Å². The number of fused-ring (bicyclic) bond motifs is 1. The largest absolute Gasteiger partial charge is 0.326 e. The van der Waals surface area contributed by atoms with Crippen LogP contribution in [0.5, 0.6) is 0 Å². The van der Waals surface area contributed by atoms with Gasteiger partial charge in [-0.25, -0.2) is 16.8 Å². The third-order valence-corrected chi connectivity index (χ3v) is 11.0. The smallest absolute Gasteiger partial charge is 0.264 e. The number of nitrogens with one attached hydrogen (secondary N) is 1. The molecule has 1 atom stereocenters. The number of piperidine rings is 1. The molecule has 2 heterocycles. The van der Waals surface area contributed by atoms with Crippen LogP contribution in [0.15, 0.2) is 76.5 Å². The predicted octanol–water partition coefficient (Wildman–Crippen LogP) is 4.78. The van der Waals surface area contributed by atoms with Crippen LogP contribution < -0.4 is 9.62 Å². The summed E-state index contributed by atoms with van der Waals surface area (Å²) in [7, 11) is -7.57. The average Bonchev–Trinajstić information content (AvgIpc) is 3.33. The third kappa shape index (κ3) is 5.28. The van der Waals surface area contributed by atoms with Gasteiger partial charge in [0.2, 0.25) is 15.9 Å². The minimum atomic E-state index is -3.81. The molecule has 200 valence electrons. The molecule has 2 aliphatic heterocycles. The quantitative estimate of drug-likeness (QED) is 0.443. The average molecular weight is 595 g/mol. The van der Waals surface area contributed by atoms with E-state index in [-0.39, 0.29) is 28.8 Å². The summed E-state index contributed by atoms with van der Waals surface area (Å²) in [6.45, 7) is 0.668. The van der Waals surface area contributed by atoms with E-state index in [1.165, 1.54) is 57.1 Å². The van der Waals surface area contributed by atoms with Gasteiger partial charge in [-0.3, -0.25) is 9.10 Å². The van der Waals surface area contributed by atoms with Crippen molar-refractivity contribution in [3.63, 3.8) is 0 Å². The fraction of sp³-hybridized carbons (Fsp3) is 0.269. The predicted molar refractivity (Wildman–Crippen MR) is 148 cm³/mol. The first kappa shape index (κ1) is 27.0. The van der Waals surface area contributed by atoms with Crippen molar-refractivity contribution in [2.75, 3.05) is 29.3 Å². The molecule has 0 bridgehead atoms. The number of anilines is 2. The minimum Gasteiger partial charge on any atom is -0.326 e. The Morgan fingerprint density at radius 3 is 2.05 bits per heavy atom. The summed E-state index contributed by atoms with van der Waals surface area (Å²) in [4.78, 5) is 13.4. The normalized spacial score (nSPS) is 18.3. The molecule has 0 aliphatic carbocycles. The topological polar surface area (TPSA) is 104 Å².